The average Bonchev–Trinajstić information content (AvgIpc) is 2.02. The molecular formula is C9H21BrN2. The van der Waals surface area contributed by atoms with Gasteiger partial charge in [-0.1, -0.05) is 22.4 Å². The molecule has 74 valence electrons. The first kappa shape index (κ1) is 12.4. The summed E-state index contributed by atoms with van der Waals surface area (Å²) in [7, 11) is 4.21. The minimum absolute atomic E-state index is 1.11. The van der Waals surface area contributed by atoms with E-state index in [9.17, 15) is 0 Å². The summed E-state index contributed by atoms with van der Waals surface area (Å²) >= 11 is 3.42. The molecule has 0 fully saturated rings. The highest BCUT2D eigenvalue weighted by atomic mass is 79.9. The van der Waals surface area contributed by atoms with Crippen LogP contribution in [0.15, 0.2) is 0 Å². The zero-order chi connectivity index (χ0) is 9.23. The number of rotatable bonds is 8. The highest BCUT2D eigenvalue weighted by Gasteiger charge is 1.90. The Hall–Kier alpha value is 0.400. The van der Waals surface area contributed by atoms with Crippen molar-refractivity contribution in [3.63, 3.8) is 0 Å². The van der Waals surface area contributed by atoms with Gasteiger partial charge in [-0.3, -0.25) is 0 Å². The molecule has 0 bridgehead atoms. The molecular weight excluding hydrogens is 216 g/mol. The van der Waals surface area contributed by atoms with Crippen LogP contribution in [0.1, 0.15) is 19.3 Å². The van der Waals surface area contributed by atoms with E-state index in [1.807, 2.05) is 0 Å². The number of halogens is 1. The molecule has 0 spiro atoms. The molecule has 0 aromatic carbocycles. The van der Waals surface area contributed by atoms with Crippen molar-refractivity contribution < 1.29 is 0 Å². The van der Waals surface area contributed by atoms with Crippen LogP contribution < -0.4 is 5.32 Å². The van der Waals surface area contributed by atoms with Crippen LogP contribution in [0, 0.1) is 0 Å². The van der Waals surface area contributed by atoms with Gasteiger partial charge in [-0.25, -0.2) is 0 Å². The molecule has 0 heterocycles. The topological polar surface area (TPSA) is 15.3 Å². The van der Waals surface area contributed by atoms with Crippen LogP contribution in [0.4, 0.5) is 0 Å². The molecule has 12 heavy (non-hydrogen) atoms. The van der Waals surface area contributed by atoms with E-state index in [2.05, 4.69) is 40.2 Å². The van der Waals surface area contributed by atoms with Crippen molar-refractivity contribution in [3.8, 4) is 0 Å². The van der Waals surface area contributed by atoms with Crippen molar-refractivity contribution >= 4 is 15.9 Å². The standard InChI is InChI=1S/C9H21BrN2/c1-12(2)9-8-11-7-5-3-4-6-10/h11H,3-9H2,1-2H3. The second-order valence-electron chi connectivity index (χ2n) is 3.30. The van der Waals surface area contributed by atoms with E-state index in [0.29, 0.717) is 0 Å². The minimum atomic E-state index is 1.11. The number of likely N-dealkylation sites (N-methyl/N-ethyl adjacent to an activating group) is 1. The van der Waals surface area contributed by atoms with Gasteiger partial charge in [0.1, 0.15) is 0 Å². The van der Waals surface area contributed by atoms with Crippen molar-refractivity contribution in [1.82, 2.24) is 10.2 Å². The Bertz CT molecular complexity index is 86.6. The third-order valence-electron chi connectivity index (χ3n) is 1.72. The van der Waals surface area contributed by atoms with Crippen LogP contribution in [-0.4, -0.2) is 44.0 Å². The monoisotopic (exact) mass is 236 g/mol. The van der Waals surface area contributed by atoms with E-state index in [1.165, 1.54) is 25.8 Å². The van der Waals surface area contributed by atoms with Crippen molar-refractivity contribution in [2.24, 2.45) is 0 Å². The third-order valence-corrected chi connectivity index (χ3v) is 2.28. The largest absolute Gasteiger partial charge is 0.315 e. The molecule has 0 aliphatic heterocycles. The summed E-state index contributed by atoms with van der Waals surface area (Å²) in [6.45, 7) is 3.42. The molecule has 0 aromatic heterocycles. The van der Waals surface area contributed by atoms with Gasteiger partial charge in [-0.2, -0.15) is 0 Å². The highest BCUT2D eigenvalue weighted by molar-refractivity contribution is 9.09. The number of hydrogen-bond acceptors (Lipinski definition) is 2. The van der Waals surface area contributed by atoms with E-state index in [4.69, 9.17) is 0 Å². The van der Waals surface area contributed by atoms with Gasteiger partial charge in [0.25, 0.3) is 0 Å². The van der Waals surface area contributed by atoms with Gasteiger partial charge >= 0.3 is 0 Å². The fourth-order valence-corrected chi connectivity index (χ4v) is 1.35. The van der Waals surface area contributed by atoms with Gasteiger partial charge in [-0.05, 0) is 33.5 Å². The Morgan fingerprint density at radius 3 is 2.42 bits per heavy atom. The van der Waals surface area contributed by atoms with Gasteiger partial charge in [-0.15, -0.1) is 0 Å². The first-order valence-corrected chi connectivity index (χ1v) is 5.81. The Labute approximate surface area is 84.8 Å². The average molecular weight is 237 g/mol. The van der Waals surface area contributed by atoms with Crippen molar-refractivity contribution in [2.75, 3.05) is 39.1 Å². The number of nitrogens with one attached hydrogen (secondary N) is 1. The summed E-state index contributed by atoms with van der Waals surface area (Å²) in [6.07, 6.45) is 3.94. The minimum Gasteiger partial charge on any atom is -0.315 e. The zero-order valence-corrected chi connectivity index (χ0v) is 9.86. The lowest BCUT2D eigenvalue weighted by atomic mass is 10.2. The van der Waals surface area contributed by atoms with Crippen LogP contribution in [-0.2, 0) is 0 Å². The van der Waals surface area contributed by atoms with E-state index in [0.717, 1.165) is 18.4 Å². The van der Waals surface area contributed by atoms with Crippen LogP contribution in [0.5, 0.6) is 0 Å². The molecule has 0 aromatic rings. The number of hydrogen-bond donors (Lipinski definition) is 1. The van der Waals surface area contributed by atoms with E-state index < -0.39 is 0 Å². The maximum atomic E-state index is 3.42. The molecule has 0 unspecified atom stereocenters. The van der Waals surface area contributed by atoms with Crippen LogP contribution in [0.3, 0.4) is 0 Å². The lowest BCUT2D eigenvalue weighted by Gasteiger charge is -2.09. The van der Waals surface area contributed by atoms with Gasteiger partial charge in [0.2, 0.25) is 0 Å². The maximum Gasteiger partial charge on any atom is 0.0101 e. The Balaban J connectivity index is 2.82. The quantitative estimate of drug-likeness (QED) is 0.510. The fraction of sp³-hybridized carbons (Fsp3) is 1.00. The molecule has 0 atom stereocenters. The first-order chi connectivity index (χ1) is 5.77. The summed E-state index contributed by atoms with van der Waals surface area (Å²) in [6, 6.07) is 0. The van der Waals surface area contributed by atoms with E-state index in [1.54, 1.807) is 0 Å². The molecule has 0 aliphatic rings. The lowest BCUT2D eigenvalue weighted by molar-refractivity contribution is 0.399. The van der Waals surface area contributed by atoms with Gasteiger partial charge in [0.05, 0.1) is 0 Å². The summed E-state index contributed by atoms with van der Waals surface area (Å²) in [5, 5.41) is 4.56. The van der Waals surface area contributed by atoms with Gasteiger partial charge in [0.15, 0.2) is 0 Å². The van der Waals surface area contributed by atoms with Crippen LogP contribution in [0.2, 0.25) is 0 Å². The fourth-order valence-electron chi connectivity index (χ4n) is 0.949. The van der Waals surface area contributed by atoms with Crippen LogP contribution in [0.25, 0.3) is 0 Å². The summed E-state index contributed by atoms with van der Waals surface area (Å²) in [4.78, 5) is 2.20. The predicted molar refractivity (Wildman–Crippen MR) is 59.1 cm³/mol. The van der Waals surface area contributed by atoms with E-state index in [-0.39, 0.29) is 0 Å². The number of nitrogens with zero attached hydrogens (tertiary/aromatic N) is 1. The molecule has 0 saturated carbocycles. The second-order valence-corrected chi connectivity index (χ2v) is 4.10. The Morgan fingerprint density at radius 2 is 1.83 bits per heavy atom. The van der Waals surface area contributed by atoms with Crippen LogP contribution >= 0.6 is 15.9 Å². The first-order valence-electron chi connectivity index (χ1n) is 4.69. The molecule has 0 amide bonds. The summed E-state index contributed by atoms with van der Waals surface area (Å²) in [5.41, 5.74) is 0. The molecule has 0 aliphatic carbocycles. The highest BCUT2D eigenvalue weighted by Crippen LogP contribution is 1.96. The molecule has 1 N–H and O–H groups in total. The Kier molecular flexibility index (Phi) is 9.80. The predicted octanol–water partition coefficient (Wildman–Crippen LogP) is 1.70. The lowest BCUT2D eigenvalue weighted by Crippen LogP contribution is -2.27. The van der Waals surface area contributed by atoms with Gasteiger partial charge in [0, 0.05) is 18.4 Å². The molecule has 0 rings (SSSR count). The Morgan fingerprint density at radius 1 is 1.08 bits per heavy atom. The zero-order valence-electron chi connectivity index (χ0n) is 8.27. The molecule has 0 radical (unpaired) electrons. The van der Waals surface area contributed by atoms with Crippen molar-refractivity contribution in [2.45, 2.75) is 19.3 Å². The van der Waals surface area contributed by atoms with Crippen molar-refractivity contribution in [3.05, 3.63) is 0 Å². The van der Waals surface area contributed by atoms with Crippen molar-refractivity contribution in [1.29, 1.82) is 0 Å². The third kappa shape index (κ3) is 10.4. The van der Waals surface area contributed by atoms with Gasteiger partial charge < -0.3 is 10.2 Å². The normalized spacial score (nSPS) is 11.0. The second kappa shape index (κ2) is 9.49. The number of alkyl halides is 1. The van der Waals surface area contributed by atoms with E-state index >= 15 is 0 Å². The summed E-state index contributed by atoms with van der Waals surface area (Å²) < 4.78 is 0. The molecule has 3 heteroatoms. The number of unbranched alkanes of at least 4 members (excludes halogenated alkanes) is 2. The smallest absolute Gasteiger partial charge is 0.0101 e. The SMILES string of the molecule is CN(C)CCNCCCCCBr. The molecule has 0 saturated heterocycles. The summed E-state index contributed by atoms with van der Waals surface area (Å²) in [5.74, 6) is 0. The molecule has 2 nitrogen and oxygen atoms in total. The maximum absolute atomic E-state index is 3.42.